The lowest BCUT2D eigenvalue weighted by Gasteiger charge is -2.11. The van der Waals surface area contributed by atoms with Crippen LogP contribution in [0, 0.1) is 6.92 Å². The molecule has 0 aliphatic rings. The fourth-order valence-electron chi connectivity index (χ4n) is 2.18. The minimum Gasteiger partial charge on any atom is -0.373 e. The van der Waals surface area contributed by atoms with E-state index < -0.39 is 0 Å². The molecule has 0 amide bonds. The second-order valence-electron chi connectivity index (χ2n) is 4.59. The van der Waals surface area contributed by atoms with Crippen LogP contribution < -0.4 is 5.32 Å². The van der Waals surface area contributed by atoms with Crippen LogP contribution in [0.15, 0.2) is 46.3 Å². The summed E-state index contributed by atoms with van der Waals surface area (Å²) in [4.78, 5) is 10.5. The van der Waals surface area contributed by atoms with Crippen LogP contribution in [-0.4, -0.2) is 17.0 Å². The number of thiophene rings is 1. The summed E-state index contributed by atoms with van der Waals surface area (Å²) in [7, 11) is 1.89. The SMILES string of the molecule is CNc1nc(-c2ccc(Br)s2)nc(-c2ccccc2)c1C. The molecule has 2 aromatic heterocycles. The Balaban J connectivity index is 2.20. The third-order valence-electron chi connectivity index (χ3n) is 3.22. The molecular formula is C16H14BrN3S. The molecule has 5 heteroatoms. The van der Waals surface area contributed by atoms with Crippen molar-refractivity contribution in [3.8, 4) is 22.0 Å². The molecule has 3 rings (SSSR count). The highest BCUT2D eigenvalue weighted by atomic mass is 79.9. The van der Waals surface area contributed by atoms with E-state index in [0.717, 1.165) is 37.1 Å². The molecule has 106 valence electrons. The lowest BCUT2D eigenvalue weighted by Crippen LogP contribution is -2.02. The van der Waals surface area contributed by atoms with Crippen LogP contribution in [0.5, 0.6) is 0 Å². The molecule has 0 saturated carbocycles. The van der Waals surface area contributed by atoms with Gasteiger partial charge in [-0.2, -0.15) is 0 Å². The van der Waals surface area contributed by atoms with Gasteiger partial charge < -0.3 is 5.32 Å². The van der Waals surface area contributed by atoms with E-state index in [1.165, 1.54) is 0 Å². The van der Waals surface area contributed by atoms with E-state index in [1.54, 1.807) is 11.3 Å². The number of nitrogens with one attached hydrogen (secondary N) is 1. The van der Waals surface area contributed by atoms with Crippen molar-refractivity contribution in [3.63, 3.8) is 0 Å². The molecule has 21 heavy (non-hydrogen) atoms. The van der Waals surface area contributed by atoms with Gasteiger partial charge in [0.15, 0.2) is 5.82 Å². The smallest absolute Gasteiger partial charge is 0.172 e. The van der Waals surface area contributed by atoms with Crippen molar-refractivity contribution < 1.29 is 0 Å². The number of nitrogens with zero attached hydrogens (tertiary/aromatic N) is 2. The predicted molar refractivity (Wildman–Crippen MR) is 92.8 cm³/mol. The average Bonchev–Trinajstić information content (AvgIpc) is 2.95. The Labute approximate surface area is 136 Å². The standard InChI is InChI=1S/C16H14BrN3S/c1-10-14(11-6-4-3-5-7-11)19-16(20-15(10)18-2)12-8-9-13(17)21-12/h3-9H,1-2H3,(H,18,19,20). The first-order valence-corrected chi connectivity index (χ1v) is 8.17. The molecule has 0 fully saturated rings. The summed E-state index contributed by atoms with van der Waals surface area (Å²) < 4.78 is 1.08. The molecule has 0 aliphatic carbocycles. The van der Waals surface area contributed by atoms with Crippen LogP contribution in [0.2, 0.25) is 0 Å². The van der Waals surface area contributed by atoms with E-state index in [-0.39, 0.29) is 0 Å². The number of hydrogen-bond acceptors (Lipinski definition) is 4. The van der Waals surface area contributed by atoms with Crippen molar-refractivity contribution >= 4 is 33.1 Å². The maximum Gasteiger partial charge on any atom is 0.172 e. The Morgan fingerprint density at radius 2 is 1.81 bits per heavy atom. The summed E-state index contributed by atoms with van der Waals surface area (Å²) in [5.74, 6) is 1.61. The molecule has 0 bridgehead atoms. The van der Waals surface area contributed by atoms with Crippen LogP contribution in [0.1, 0.15) is 5.56 Å². The topological polar surface area (TPSA) is 37.8 Å². The summed E-state index contributed by atoms with van der Waals surface area (Å²) in [5.41, 5.74) is 3.13. The minimum atomic E-state index is 0.750. The first-order chi connectivity index (χ1) is 10.2. The highest BCUT2D eigenvalue weighted by Crippen LogP contribution is 2.33. The van der Waals surface area contributed by atoms with Gasteiger partial charge in [0.2, 0.25) is 0 Å². The Kier molecular flexibility index (Phi) is 4.03. The van der Waals surface area contributed by atoms with Gasteiger partial charge in [-0.05, 0) is 35.0 Å². The molecule has 0 radical (unpaired) electrons. The Morgan fingerprint density at radius 3 is 2.43 bits per heavy atom. The van der Waals surface area contributed by atoms with Gasteiger partial charge in [0.25, 0.3) is 0 Å². The van der Waals surface area contributed by atoms with Gasteiger partial charge in [0.1, 0.15) is 5.82 Å². The monoisotopic (exact) mass is 359 g/mol. The lowest BCUT2D eigenvalue weighted by atomic mass is 10.1. The summed E-state index contributed by atoms with van der Waals surface area (Å²) in [5, 5.41) is 3.16. The average molecular weight is 360 g/mol. The molecular weight excluding hydrogens is 346 g/mol. The van der Waals surface area contributed by atoms with Gasteiger partial charge in [0, 0.05) is 18.2 Å². The zero-order valence-corrected chi connectivity index (χ0v) is 14.1. The van der Waals surface area contributed by atoms with E-state index >= 15 is 0 Å². The number of rotatable bonds is 3. The van der Waals surface area contributed by atoms with Crippen LogP contribution in [-0.2, 0) is 0 Å². The second kappa shape index (κ2) is 5.95. The molecule has 0 atom stereocenters. The maximum absolute atomic E-state index is 4.77. The quantitative estimate of drug-likeness (QED) is 0.716. The molecule has 0 unspecified atom stereocenters. The molecule has 1 N–H and O–H groups in total. The van der Waals surface area contributed by atoms with Crippen LogP contribution in [0.4, 0.5) is 5.82 Å². The number of anilines is 1. The number of hydrogen-bond donors (Lipinski definition) is 1. The van der Waals surface area contributed by atoms with E-state index in [0.29, 0.717) is 0 Å². The first kappa shape index (κ1) is 14.2. The third kappa shape index (κ3) is 2.84. The summed E-state index contributed by atoms with van der Waals surface area (Å²) in [6, 6.07) is 14.3. The van der Waals surface area contributed by atoms with Gasteiger partial charge >= 0.3 is 0 Å². The van der Waals surface area contributed by atoms with E-state index in [9.17, 15) is 0 Å². The minimum absolute atomic E-state index is 0.750. The summed E-state index contributed by atoms with van der Waals surface area (Å²) in [6.45, 7) is 2.04. The molecule has 0 spiro atoms. The van der Waals surface area contributed by atoms with E-state index in [4.69, 9.17) is 4.98 Å². The van der Waals surface area contributed by atoms with Gasteiger partial charge in [-0.3, -0.25) is 0 Å². The fraction of sp³-hybridized carbons (Fsp3) is 0.125. The van der Waals surface area contributed by atoms with Gasteiger partial charge in [-0.25, -0.2) is 9.97 Å². The van der Waals surface area contributed by atoms with Gasteiger partial charge in [0.05, 0.1) is 14.4 Å². The van der Waals surface area contributed by atoms with Crippen molar-refractivity contribution in [1.82, 2.24) is 9.97 Å². The van der Waals surface area contributed by atoms with E-state index in [2.05, 4.69) is 38.4 Å². The molecule has 3 aromatic rings. The Bertz CT molecular complexity index is 768. The van der Waals surface area contributed by atoms with E-state index in [1.807, 2.05) is 44.3 Å². The van der Waals surface area contributed by atoms with Crippen molar-refractivity contribution in [2.24, 2.45) is 0 Å². The molecule has 0 saturated heterocycles. The Hall–Kier alpha value is -1.72. The fourth-order valence-corrected chi connectivity index (χ4v) is 3.50. The first-order valence-electron chi connectivity index (χ1n) is 6.56. The summed E-state index contributed by atoms with van der Waals surface area (Å²) >= 11 is 5.12. The van der Waals surface area contributed by atoms with Crippen molar-refractivity contribution in [1.29, 1.82) is 0 Å². The van der Waals surface area contributed by atoms with Crippen molar-refractivity contribution in [3.05, 3.63) is 51.8 Å². The molecule has 0 aliphatic heterocycles. The van der Waals surface area contributed by atoms with Crippen LogP contribution in [0.3, 0.4) is 0 Å². The van der Waals surface area contributed by atoms with Gasteiger partial charge in [-0.15, -0.1) is 11.3 Å². The largest absolute Gasteiger partial charge is 0.373 e. The molecule has 3 nitrogen and oxygen atoms in total. The zero-order chi connectivity index (χ0) is 14.8. The maximum atomic E-state index is 4.77. The number of benzene rings is 1. The van der Waals surface area contributed by atoms with Crippen LogP contribution >= 0.6 is 27.3 Å². The van der Waals surface area contributed by atoms with Crippen LogP contribution in [0.25, 0.3) is 22.0 Å². The molecule has 2 heterocycles. The van der Waals surface area contributed by atoms with Crippen molar-refractivity contribution in [2.75, 3.05) is 12.4 Å². The van der Waals surface area contributed by atoms with Gasteiger partial charge in [-0.1, -0.05) is 30.3 Å². The highest BCUT2D eigenvalue weighted by Gasteiger charge is 2.14. The zero-order valence-electron chi connectivity index (χ0n) is 11.7. The normalized spacial score (nSPS) is 10.6. The second-order valence-corrected chi connectivity index (χ2v) is 7.05. The van der Waals surface area contributed by atoms with Crippen molar-refractivity contribution in [2.45, 2.75) is 6.92 Å². The number of aromatic nitrogens is 2. The Morgan fingerprint density at radius 1 is 1.05 bits per heavy atom. The highest BCUT2D eigenvalue weighted by molar-refractivity contribution is 9.11. The lowest BCUT2D eigenvalue weighted by molar-refractivity contribution is 1.14. The summed E-state index contributed by atoms with van der Waals surface area (Å²) in [6.07, 6.45) is 0. The number of halogens is 1. The third-order valence-corrected chi connectivity index (χ3v) is 4.84. The predicted octanol–water partition coefficient (Wildman–Crippen LogP) is 4.98. The molecule has 1 aromatic carbocycles.